The molecule has 1 fully saturated rings. The third kappa shape index (κ3) is 4.14. The highest BCUT2D eigenvalue weighted by atomic mass is 16.5. The van der Waals surface area contributed by atoms with E-state index in [2.05, 4.69) is 21.8 Å². The normalized spacial score (nSPS) is 15.9. The summed E-state index contributed by atoms with van der Waals surface area (Å²) in [7, 11) is 5.97. The molecular formula is C20H28N4O3. The maximum Gasteiger partial charge on any atom is 0.355 e. The molecule has 1 aromatic heterocycles. The SMILES string of the molecule is CCOC(=O)c1[nH]c2ccc(N(C)C)cc2c(=O)c1CN1CCN(C)CC1. The number of ether oxygens (including phenoxy) is 1. The Hall–Kier alpha value is -2.38. The second-order valence-corrected chi connectivity index (χ2v) is 7.23. The smallest absolute Gasteiger partial charge is 0.355 e. The van der Waals surface area contributed by atoms with Crippen LogP contribution in [0.4, 0.5) is 5.69 Å². The molecule has 0 amide bonds. The van der Waals surface area contributed by atoms with Crippen molar-refractivity contribution in [3.8, 4) is 0 Å². The number of aromatic nitrogens is 1. The molecule has 0 radical (unpaired) electrons. The molecule has 1 aliphatic rings. The number of pyridine rings is 1. The number of nitrogens with zero attached hydrogens (tertiary/aromatic N) is 3. The van der Waals surface area contributed by atoms with Gasteiger partial charge in [0, 0.05) is 63.5 Å². The molecule has 0 saturated carbocycles. The topological polar surface area (TPSA) is 68.9 Å². The zero-order valence-electron chi connectivity index (χ0n) is 16.5. The highest BCUT2D eigenvalue weighted by Gasteiger charge is 2.23. The van der Waals surface area contributed by atoms with E-state index in [9.17, 15) is 9.59 Å². The number of hydrogen-bond acceptors (Lipinski definition) is 6. The largest absolute Gasteiger partial charge is 0.461 e. The van der Waals surface area contributed by atoms with Crippen molar-refractivity contribution >= 4 is 22.6 Å². The molecule has 0 bridgehead atoms. The molecule has 7 nitrogen and oxygen atoms in total. The lowest BCUT2D eigenvalue weighted by molar-refractivity contribution is 0.0516. The van der Waals surface area contributed by atoms with E-state index in [1.807, 2.05) is 37.2 Å². The predicted octanol–water partition coefficient (Wildman–Crippen LogP) is 1.52. The summed E-state index contributed by atoms with van der Waals surface area (Å²) in [6, 6.07) is 5.64. The fraction of sp³-hybridized carbons (Fsp3) is 0.500. The zero-order chi connectivity index (χ0) is 19.6. The molecule has 1 saturated heterocycles. The summed E-state index contributed by atoms with van der Waals surface area (Å²) < 4.78 is 5.20. The summed E-state index contributed by atoms with van der Waals surface area (Å²) in [4.78, 5) is 35.4. The minimum Gasteiger partial charge on any atom is -0.461 e. The number of nitrogens with one attached hydrogen (secondary N) is 1. The van der Waals surface area contributed by atoms with Crippen molar-refractivity contribution < 1.29 is 9.53 Å². The molecular weight excluding hydrogens is 344 g/mol. The van der Waals surface area contributed by atoms with E-state index in [-0.39, 0.29) is 17.7 Å². The number of hydrogen-bond donors (Lipinski definition) is 1. The van der Waals surface area contributed by atoms with Gasteiger partial charge in [0.2, 0.25) is 0 Å². The number of fused-ring (bicyclic) bond motifs is 1. The molecule has 7 heteroatoms. The van der Waals surface area contributed by atoms with Gasteiger partial charge >= 0.3 is 5.97 Å². The second-order valence-electron chi connectivity index (χ2n) is 7.23. The van der Waals surface area contributed by atoms with Gasteiger partial charge in [0.1, 0.15) is 5.69 Å². The molecule has 0 atom stereocenters. The van der Waals surface area contributed by atoms with E-state index < -0.39 is 5.97 Å². The maximum absolute atomic E-state index is 13.3. The summed E-state index contributed by atoms with van der Waals surface area (Å²) in [6.07, 6.45) is 0. The number of aromatic amines is 1. The Morgan fingerprint density at radius 3 is 2.56 bits per heavy atom. The fourth-order valence-corrected chi connectivity index (χ4v) is 3.35. The number of anilines is 1. The Morgan fingerprint density at radius 2 is 1.93 bits per heavy atom. The molecule has 1 aromatic carbocycles. The Kier molecular flexibility index (Phi) is 5.82. The van der Waals surface area contributed by atoms with E-state index in [4.69, 9.17) is 4.74 Å². The molecule has 2 heterocycles. The van der Waals surface area contributed by atoms with Crippen LogP contribution in [0.2, 0.25) is 0 Å². The molecule has 1 aliphatic heterocycles. The van der Waals surface area contributed by atoms with Crippen LogP contribution in [0, 0.1) is 0 Å². The average molecular weight is 372 g/mol. The monoisotopic (exact) mass is 372 g/mol. The number of carbonyl (C=O) groups excluding carboxylic acids is 1. The van der Waals surface area contributed by atoms with Gasteiger partial charge < -0.3 is 19.5 Å². The van der Waals surface area contributed by atoms with Crippen LogP contribution in [0.1, 0.15) is 23.0 Å². The van der Waals surface area contributed by atoms with Crippen molar-refractivity contribution in [3.05, 3.63) is 39.7 Å². The van der Waals surface area contributed by atoms with Crippen molar-refractivity contribution in [1.82, 2.24) is 14.8 Å². The molecule has 0 spiro atoms. The second kappa shape index (κ2) is 8.10. The minimum atomic E-state index is -0.475. The standard InChI is InChI=1S/C20H28N4O3/c1-5-27-20(26)18-16(13-24-10-8-23(4)9-11-24)19(25)15-12-14(22(2)3)6-7-17(15)21-18/h6-7,12H,5,8-11,13H2,1-4H3,(H,21,25). The van der Waals surface area contributed by atoms with Gasteiger partial charge in [0.15, 0.2) is 5.43 Å². The number of likely N-dealkylation sites (N-methyl/N-ethyl adjacent to an activating group) is 1. The first kappa shape index (κ1) is 19.4. The molecule has 0 aliphatic carbocycles. The highest BCUT2D eigenvalue weighted by molar-refractivity contribution is 5.93. The van der Waals surface area contributed by atoms with Gasteiger partial charge in [0.25, 0.3) is 0 Å². The molecule has 1 N–H and O–H groups in total. The number of benzene rings is 1. The fourth-order valence-electron chi connectivity index (χ4n) is 3.35. The van der Waals surface area contributed by atoms with Crippen molar-refractivity contribution in [2.75, 3.05) is 58.8 Å². The van der Waals surface area contributed by atoms with Crippen LogP contribution in [-0.4, -0.2) is 74.7 Å². The number of piperazine rings is 1. The average Bonchev–Trinajstić information content (AvgIpc) is 2.65. The zero-order valence-corrected chi connectivity index (χ0v) is 16.5. The Morgan fingerprint density at radius 1 is 1.22 bits per heavy atom. The predicted molar refractivity (Wildman–Crippen MR) is 108 cm³/mol. The van der Waals surface area contributed by atoms with Crippen molar-refractivity contribution in [2.45, 2.75) is 13.5 Å². The Bertz CT molecular complexity index is 883. The molecule has 3 rings (SSSR count). The molecule has 27 heavy (non-hydrogen) atoms. The first-order valence-electron chi connectivity index (χ1n) is 9.35. The van der Waals surface area contributed by atoms with Gasteiger partial charge in [0.05, 0.1) is 12.1 Å². The number of esters is 1. The Balaban J connectivity index is 2.08. The minimum absolute atomic E-state index is 0.102. The summed E-state index contributed by atoms with van der Waals surface area (Å²) in [5.41, 5.74) is 2.25. The van der Waals surface area contributed by atoms with E-state index in [1.165, 1.54) is 0 Å². The molecule has 0 unspecified atom stereocenters. The lowest BCUT2D eigenvalue weighted by Crippen LogP contribution is -2.44. The van der Waals surface area contributed by atoms with E-state index >= 15 is 0 Å². The van der Waals surface area contributed by atoms with Gasteiger partial charge in [-0.05, 0) is 32.2 Å². The van der Waals surface area contributed by atoms with Gasteiger partial charge in [-0.25, -0.2) is 4.79 Å². The third-order valence-corrected chi connectivity index (χ3v) is 5.06. The van der Waals surface area contributed by atoms with Crippen LogP contribution in [-0.2, 0) is 11.3 Å². The van der Waals surface area contributed by atoms with Crippen LogP contribution in [0.15, 0.2) is 23.0 Å². The third-order valence-electron chi connectivity index (χ3n) is 5.06. The first-order valence-corrected chi connectivity index (χ1v) is 9.35. The quantitative estimate of drug-likeness (QED) is 0.803. The number of rotatable bonds is 5. The summed E-state index contributed by atoms with van der Waals surface area (Å²) in [5, 5.41) is 0.596. The Labute approximate surface area is 159 Å². The first-order chi connectivity index (χ1) is 12.9. The van der Waals surface area contributed by atoms with Crippen LogP contribution < -0.4 is 10.3 Å². The van der Waals surface area contributed by atoms with Crippen molar-refractivity contribution in [3.63, 3.8) is 0 Å². The van der Waals surface area contributed by atoms with Crippen LogP contribution in [0.3, 0.4) is 0 Å². The van der Waals surface area contributed by atoms with E-state index in [0.29, 0.717) is 23.0 Å². The summed E-state index contributed by atoms with van der Waals surface area (Å²) in [5.74, 6) is -0.475. The lowest BCUT2D eigenvalue weighted by Gasteiger charge is -2.32. The van der Waals surface area contributed by atoms with E-state index in [0.717, 1.165) is 31.9 Å². The van der Waals surface area contributed by atoms with Gasteiger partial charge in [-0.2, -0.15) is 0 Å². The maximum atomic E-state index is 13.3. The van der Waals surface area contributed by atoms with Crippen LogP contribution in [0.5, 0.6) is 0 Å². The van der Waals surface area contributed by atoms with Crippen molar-refractivity contribution in [2.24, 2.45) is 0 Å². The molecule has 2 aromatic rings. The van der Waals surface area contributed by atoms with Crippen LogP contribution in [0.25, 0.3) is 10.9 Å². The van der Waals surface area contributed by atoms with Crippen LogP contribution >= 0.6 is 0 Å². The lowest BCUT2D eigenvalue weighted by atomic mass is 10.1. The number of carbonyl (C=O) groups is 1. The van der Waals surface area contributed by atoms with Gasteiger partial charge in [-0.15, -0.1) is 0 Å². The summed E-state index contributed by atoms with van der Waals surface area (Å²) >= 11 is 0. The number of H-pyrrole nitrogens is 1. The van der Waals surface area contributed by atoms with E-state index in [1.54, 1.807) is 6.92 Å². The van der Waals surface area contributed by atoms with Gasteiger partial charge in [-0.1, -0.05) is 0 Å². The molecule has 146 valence electrons. The van der Waals surface area contributed by atoms with Gasteiger partial charge in [-0.3, -0.25) is 9.69 Å². The van der Waals surface area contributed by atoms with Crippen molar-refractivity contribution in [1.29, 1.82) is 0 Å². The summed E-state index contributed by atoms with van der Waals surface area (Å²) in [6.45, 7) is 6.12. The highest BCUT2D eigenvalue weighted by Crippen LogP contribution is 2.20.